The number of carbonyl (C=O) groups excluding carboxylic acids is 2. The summed E-state index contributed by atoms with van der Waals surface area (Å²) in [6.45, 7) is 4.88. The molecule has 8 heteroatoms. The number of rotatable bonds is 5. The maximum Gasteiger partial charge on any atom is 0.359 e. The van der Waals surface area contributed by atoms with Crippen molar-refractivity contribution in [3.63, 3.8) is 0 Å². The van der Waals surface area contributed by atoms with Gasteiger partial charge in [-0.05, 0) is 37.0 Å². The minimum Gasteiger partial charge on any atom is -0.451 e. The molecule has 3 heterocycles. The first-order chi connectivity index (χ1) is 14.5. The first kappa shape index (κ1) is 20.5. The molecule has 1 aliphatic carbocycles. The molecule has 2 aliphatic rings. The first-order valence-corrected chi connectivity index (χ1v) is 10.6. The molecule has 30 heavy (non-hydrogen) atoms. The lowest BCUT2D eigenvalue weighted by Crippen LogP contribution is -2.55. The van der Waals surface area contributed by atoms with Gasteiger partial charge in [0.15, 0.2) is 12.3 Å². The van der Waals surface area contributed by atoms with E-state index in [0.717, 1.165) is 37.1 Å². The van der Waals surface area contributed by atoms with Crippen LogP contribution in [0.5, 0.6) is 0 Å². The lowest BCUT2D eigenvalue weighted by atomic mass is 9.90. The van der Waals surface area contributed by atoms with Crippen LogP contribution in [0.2, 0.25) is 0 Å². The number of hydrogen-bond donors (Lipinski definition) is 0. The summed E-state index contributed by atoms with van der Waals surface area (Å²) in [6, 6.07) is 5.48. The van der Waals surface area contributed by atoms with E-state index in [1.807, 2.05) is 30.9 Å². The van der Waals surface area contributed by atoms with Crippen LogP contribution >= 0.6 is 0 Å². The molecule has 4 rings (SSSR count). The average Bonchev–Trinajstić information content (AvgIpc) is 3.23. The fourth-order valence-corrected chi connectivity index (χ4v) is 4.29. The Hall–Kier alpha value is -2.74. The van der Waals surface area contributed by atoms with Crippen LogP contribution in [0, 0.1) is 0 Å². The highest BCUT2D eigenvalue weighted by Crippen LogP contribution is 2.28. The number of amides is 1. The monoisotopic (exact) mass is 412 g/mol. The Morgan fingerprint density at radius 2 is 2.00 bits per heavy atom. The first-order valence-electron chi connectivity index (χ1n) is 10.6. The molecule has 0 bridgehead atoms. The molecule has 2 aromatic rings. The van der Waals surface area contributed by atoms with Gasteiger partial charge in [0, 0.05) is 24.6 Å². The third kappa shape index (κ3) is 4.23. The van der Waals surface area contributed by atoms with E-state index >= 15 is 0 Å². The molecular weight excluding hydrogens is 384 g/mol. The molecule has 1 amide bonds. The predicted octanol–water partition coefficient (Wildman–Crippen LogP) is 2.72. The van der Waals surface area contributed by atoms with Crippen molar-refractivity contribution < 1.29 is 19.1 Å². The van der Waals surface area contributed by atoms with Gasteiger partial charge in [-0.1, -0.05) is 26.7 Å². The summed E-state index contributed by atoms with van der Waals surface area (Å²) < 4.78 is 12.9. The molecule has 1 aliphatic heterocycles. The van der Waals surface area contributed by atoms with Crippen molar-refractivity contribution in [3.8, 4) is 5.69 Å². The van der Waals surface area contributed by atoms with E-state index in [2.05, 4.69) is 10.1 Å². The molecule has 0 radical (unpaired) electrons. The fraction of sp³-hybridized carbons (Fsp3) is 0.545. The Labute approximate surface area is 176 Å². The second-order valence-corrected chi connectivity index (χ2v) is 8.15. The summed E-state index contributed by atoms with van der Waals surface area (Å²) in [5.74, 6) is -0.599. The molecule has 2 atom stereocenters. The molecule has 160 valence electrons. The number of aromatic nitrogens is 3. The maximum atomic E-state index is 12.8. The van der Waals surface area contributed by atoms with Crippen LogP contribution in [0.25, 0.3) is 5.69 Å². The normalized spacial score (nSPS) is 21.4. The Balaban J connectivity index is 1.43. The predicted molar refractivity (Wildman–Crippen MR) is 109 cm³/mol. The molecule has 0 unspecified atom stereocenters. The summed E-state index contributed by atoms with van der Waals surface area (Å²) in [4.78, 5) is 31.2. The number of nitrogens with zero attached hydrogens (tertiary/aromatic N) is 4. The SMILES string of the molecule is CC(C)c1cc(C(=O)OCC(=O)N2CCO[C@@H]3CCCC[C@H]32)nn1-c1ccncc1. The highest BCUT2D eigenvalue weighted by molar-refractivity contribution is 5.89. The van der Waals surface area contributed by atoms with Gasteiger partial charge in [0.05, 0.1) is 24.4 Å². The third-order valence-electron chi connectivity index (χ3n) is 5.82. The van der Waals surface area contributed by atoms with Gasteiger partial charge < -0.3 is 14.4 Å². The maximum absolute atomic E-state index is 12.8. The summed E-state index contributed by atoms with van der Waals surface area (Å²) in [5, 5.41) is 4.43. The van der Waals surface area contributed by atoms with Crippen LogP contribution in [-0.2, 0) is 14.3 Å². The smallest absolute Gasteiger partial charge is 0.359 e. The molecule has 0 spiro atoms. The highest BCUT2D eigenvalue weighted by atomic mass is 16.5. The number of hydrogen-bond acceptors (Lipinski definition) is 6. The van der Waals surface area contributed by atoms with Gasteiger partial charge >= 0.3 is 5.97 Å². The number of ether oxygens (including phenoxy) is 2. The quantitative estimate of drug-likeness (QED) is 0.702. The lowest BCUT2D eigenvalue weighted by Gasteiger charge is -2.43. The van der Waals surface area contributed by atoms with E-state index in [1.165, 1.54) is 0 Å². The lowest BCUT2D eigenvalue weighted by molar-refractivity contribution is -0.152. The molecule has 1 saturated heterocycles. The molecular formula is C22H28N4O4. The second kappa shape index (κ2) is 8.95. The van der Waals surface area contributed by atoms with Crippen molar-refractivity contribution in [1.82, 2.24) is 19.7 Å². The van der Waals surface area contributed by atoms with Crippen LogP contribution in [-0.4, -0.2) is 63.4 Å². The van der Waals surface area contributed by atoms with E-state index in [-0.39, 0.29) is 36.3 Å². The summed E-state index contributed by atoms with van der Waals surface area (Å²) in [5.41, 5.74) is 1.90. The zero-order chi connectivity index (χ0) is 21.1. The van der Waals surface area contributed by atoms with Gasteiger partial charge in [-0.3, -0.25) is 9.78 Å². The summed E-state index contributed by atoms with van der Waals surface area (Å²) in [6.07, 6.45) is 7.63. The molecule has 8 nitrogen and oxygen atoms in total. The summed E-state index contributed by atoms with van der Waals surface area (Å²) in [7, 11) is 0. The number of pyridine rings is 1. The van der Waals surface area contributed by atoms with Crippen LogP contribution < -0.4 is 0 Å². The number of carbonyl (C=O) groups is 2. The van der Waals surface area contributed by atoms with Gasteiger partial charge in [-0.15, -0.1) is 0 Å². The molecule has 2 aromatic heterocycles. The summed E-state index contributed by atoms with van der Waals surface area (Å²) >= 11 is 0. The van der Waals surface area contributed by atoms with Crippen molar-refractivity contribution in [2.75, 3.05) is 19.8 Å². The average molecular weight is 412 g/mol. The zero-order valence-corrected chi connectivity index (χ0v) is 17.5. The number of esters is 1. The standard InChI is InChI=1S/C22H28N4O4/c1-15(2)19-13-17(24-26(19)16-7-9-23-10-8-16)22(28)30-14-21(27)25-11-12-29-20-6-4-3-5-18(20)25/h7-10,13,15,18,20H,3-6,11-12,14H2,1-2H3/t18-,20-/m1/s1. The second-order valence-electron chi connectivity index (χ2n) is 8.15. The molecule has 0 aromatic carbocycles. The van der Waals surface area contributed by atoms with Crippen LogP contribution in [0.1, 0.15) is 61.6 Å². The van der Waals surface area contributed by atoms with Crippen molar-refractivity contribution in [2.45, 2.75) is 57.6 Å². The van der Waals surface area contributed by atoms with Crippen molar-refractivity contribution in [3.05, 3.63) is 42.0 Å². The van der Waals surface area contributed by atoms with Crippen LogP contribution in [0.15, 0.2) is 30.6 Å². The molecule has 0 N–H and O–H groups in total. The Bertz CT molecular complexity index is 894. The van der Waals surface area contributed by atoms with E-state index in [1.54, 1.807) is 23.1 Å². The van der Waals surface area contributed by atoms with Crippen molar-refractivity contribution in [1.29, 1.82) is 0 Å². The Kier molecular flexibility index (Phi) is 6.13. The highest BCUT2D eigenvalue weighted by Gasteiger charge is 2.37. The van der Waals surface area contributed by atoms with Crippen molar-refractivity contribution in [2.24, 2.45) is 0 Å². The number of fused-ring (bicyclic) bond motifs is 1. The minimum atomic E-state index is -0.591. The largest absolute Gasteiger partial charge is 0.451 e. The van der Waals surface area contributed by atoms with Crippen LogP contribution in [0.4, 0.5) is 0 Å². The van der Waals surface area contributed by atoms with Gasteiger partial charge in [-0.2, -0.15) is 5.10 Å². The van der Waals surface area contributed by atoms with E-state index in [4.69, 9.17) is 9.47 Å². The van der Waals surface area contributed by atoms with E-state index < -0.39 is 5.97 Å². The topological polar surface area (TPSA) is 86.5 Å². The molecule has 2 fully saturated rings. The Morgan fingerprint density at radius 1 is 1.23 bits per heavy atom. The minimum absolute atomic E-state index is 0.0946. The number of morpholine rings is 1. The van der Waals surface area contributed by atoms with E-state index in [0.29, 0.717) is 13.2 Å². The Morgan fingerprint density at radius 3 is 2.77 bits per heavy atom. The van der Waals surface area contributed by atoms with E-state index in [9.17, 15) is 9.59 Å². The zero-order valence-electron chi connectivity index (χ0n) is 17.5. The van der Waals surface area contributed by atoms with Gasteiger partial charge in [0.25, 0.3) is 5.91 Å². The molecule has 1 saturated carbocycles. The third-order valence-corrected chi connectivity index (χ3v) is 5.82. The van der Waals surface area contributed by atoms with Gasteiger partial charge in [0.1, 0.15) is 0 Å². The van der Waals surface area contributed by atoms with Gasteiger partial charge in [-0.25, -0.2) is 9.48 Å². The van der Waals surface area contributed by atoms with Crippen molar-refractivity contribution >= 4 is 11.9 Å². The van der Waals surface area contributed by atoms with Crippen LogP contribution in [0.3, 0.4) is 0 Å². The van der Waals surface area contributed by atoms with Gasteiger partial charge in [0.2, 0.25) is 0 Å². The fourth-order valence-electron chi connectivity index (χ4n) is 4.29.